The first kappa shape index (κ1) is 10.3. The molecule has 0 aliphatic carbocycles. The summed E-state index contributed by atoms with van der Waals surface area (Å²) in [6.07, 6.45) is 0. The summed E-state index contributed by atoms with van der Waals surface area (Å²) >= 11 is 0. The van der Waals surface area contributed by atoms with Crippen LogP contribution in [0.5, 0.6) is 0 Å². The molecular weight excluding hydrogens is 158 g/mol. The number of hydrogen-bond donors (Lipinski definition) is 1. The zero-order valence-corrected chi connectivity index (χ0v) is 8.96. The van der Waals surface area contributed by atoms with Crippen LogP contribution >= 0.6 is 0 Å². The third-order valence-corrected chi connectivity index (χ3v) is 2.26. The molecule has 0 fully saturated rings. The van der Waals surface area contributed by atoms with Gasteiger partial charge in [0.1, 0.15) is 0 Å². The lowest BCUT2D eigenvalue weighted by atomic mass is 9.82. The lowest BCUT2D eigenvalue weighted by Gasteiger charge is -2.24. The van der Waals surface area contributed by atoms with Crippen LogP contribution in [0.15, 0.2) is 24.3 Å². The molecule has 0 spiro atoms. The SMILES string of the molecule is C[C@@H](N)c1ccccc1C(C)(C)C. The maximum absolute atomic E-state index is 5.91. The minimum absolute atomic E-state index is 0.121. The third kappa shape index (κ3) is 2.31. The van der Waals surface area contributed by atoms with E-state index in [9.17, 15) is 0 Å². The molecule has 0 aliphatic rings. The van der Waals surface area contributed by atoms with Gasteiger partial charge in [-0.15, -0.1) is 0 Å². The van der Waals surface area contributed by atoms with E-state index in [1.54, 1.807) is 0 Å². The Kier molecular flexibility index (Phi) is 2.77. The smallest absolute Gasteiger partial charge is 0.0269 e. The van der Waals surface area contributed by atoms with Gasteiger partial charge < -0.3 is 5.73 Å². The maximum Gasteiger partial charge on any atom is 0.0269 e. The highest BCUT2D eigenvalue weighted by Gasteiger charge is 2.18. The van der Waals surface area contributed by atoms with Crippen LogP contribution in [0.4, 0.5) is 0 Å². The van der Waals surface area contributed by atoms with Crippen LogP contribution in [-0.4, -0.2) is 0 Å². The van der Waals surface area contributed by atoms with Crippen LogP contribution in [0.1, 0.15) is 44.9 Å². The van der Waals surface area contributed by atoms with Crippen molar-refractivity contribution >= 4 is 0 Å². The Morgan fingerprint density at radius 1 is 1.15 bits per heavy atom. The van der Waals surface area contributed by atoms with Gasteiger partial charge in [-0.25, -0.2) is 0 Å². The van der Waals surface area contributed by atoms with Crippen LogP contribution in [0.2, 0.25) is 0 Å². The summed E-state index contributed by atoms with van der Waals surface area (Å²) in [6, 6.07) is 8.53. The fraction of sp³-hybridized carbons (Fsp3) is 0.500. The first-order chi connectivity index (χ1) is 5.93. The highest BCUT2D eigenvalue weighted by molar-refractivity contribution is 5.34. The Balaban J connectivity index is 3.20. The van der Waals surface area contributed by atoms with Crippen molar-refractivity contribution in [2.45, 2.75) is 39.2 Å². The van der Waals surface area contributed by atoms with Crippen LogP contribution in [0.3, 0.4) is 0 Å². The summed E-state index contributed by atoms with van der Waals surface area (Å²) in [5.74, 6) is 0. The van der Waals surface area contributed by atoms with Gasteiger partial charge in [0, 0.05) is 6.04 Å². The zero-order valence-electron chi connectivity index (χ0n) is 8.96. The summed E-state index contributed by atoms with van der Waals surface area (Å²) in [6.45, 7) is 8.68. The van der Waals surface area contributed by atoms with Crippen molar-refractivity contribution in [3.05, 3.63) is 35.4 Å². The van der Waals surface area contributed by atoms with Gasteiger partial charge in [0.2, 0.25) is 0 Å². The summed E-state index contributed by atoms with van der Waals surface area (Å²) < 4.78 is 0. The molecule has 13 heavy (non-hydrogen) atoms. The van der Waals surface area contributed by atoms with Crippen molar-refractivity contribution in [1.29, 1.82) is 0 Å². The monoisotopic (exact) mass is 177 g/mol. The average Bonchev–Trinajstić information content (AvgIpc) is 2.03. The summed E-state index contributed by atoms with van der Waals surface area (Å²) in [5.41, 5.74) is 8.71. The molecule has 1 aromatic rings. The molecule has 0 amide bonds. The third-order valence-electron chi connectivity index (χ3n) is 2.26. The van der Waals surface area contributed by atoms with Crippen molar-refractivity contribution in [2.75, 3.05) is 0 Å². The van der Waals surface area contributed by atoms with Gasteiger partial charge in [-0.3, -0.25) is 0 Å². The second kappa shape index (κ2) is 3.51. The van der Waals surface area contributed by atoms with Gasteiger partial charge in [0.15, 0.2) is 0 Å². The Hall–Kier alpha value is -0.820. The van der Waals surface area contributed by atoms with Gasteiger partial charge in [0.05, 0.1) is 0 Å². The normalized spacial score (nSPS) is 14.2. The van der Waals surface area contributed by atoms with E-state index >= 15 is 0 Å². The lowest BCUT2D eigenvalue weighted by Crippen LogP contribution is -2.18. The number of nitrogens with two attached hydrogens (primary N) is 1. The van der Waals surface area contributed by atoms with Crippen LogP contribution < -0.4 is 5.73 Å². The molecule has 0 unspecified atom stereocenters. The van der Waals surface area contributed by atoms with Gasteiger partial charge in [-0.1, -0.05) is 45.0 Å². The predicted octanol–water partition coefficient (Wildman–Crippen LogP) is 3.00. The second-order valence-corrected chi connectivity index (χ2v) is 4.63. The Morgan fingerprint density at radius 3 is 2.08 bits per heavy atom. The zero-order chi connectivity index (χ0) is 10.1. The van der Waals surface area contributed by atoms with Crippen LogP contribution in [-0.2, 0) is 5.41 Å². The van der Waals surface area contributed by atoms with Crippen molar-refractivity contribution in [2.24, 2.45) is 5.73 Å². The molecule has 0 aromatic heterocycles. The van der Waals surface area contributed by atoms with Crippen molar-refractivity contribution in [3.63, 3.8) is 0 Å². The van der Waals surface area contributed by atoms with E-state index < -0.39 is 0 Å². The van der Waals surface area contributed by atoms with Gasteiger partial charge >= 0.3 is 0 Å². The van der Waals surface area contributed by atoms with E-state index in [0.29, 0.717) is 0 Å². The Labute approximate surface area is 81.0 Å². The highest BCUT2D eigenvalue weighted by atomic mass is 14.6. The summed E-state index contributed by atoms with van der Waals surface area (Å²) in [5, 5.41) is 0. The molecule has 0 heterocycles. The van der Waals surface area contributed by atoms with Gasteiger partial charge in [-0.2, -0.15) is 0 Å². The summed E-state index contributed by atoms with van der Waals surface area (Å²) in [7, 11) is 0. The molecule has 1 rings (SSSR count). The molecule has 2 N–H and O–H groups in total. The van der Waals surface area contributed by atoms with Crippen LogP contribution in [0, 0.1) is 0 Å². The molecular formula is C12H19N. The Bertz CT molecular complexity index is 281. The molecule has 0 saturated heterocycles. The molecule has 1 nitrogen and oxygen atoms in total. The fourth-order valence-electron chi connectivity index (χ4n) is 1.58. The standard InChI is InChI=1S/C12H19N/c1-9(13)10-7-5-6-8-11(10)12(2,3)4/h5-9H,13H2,1-4H3/t9-/m1/s1. The van der Waals surface area contributed by atoms with E-state index in [4.69, 9.17) is 5.73 Å². The van der Waals surface area contributed by atoms with Gasteiger partial charge in [-0.05, 0) is 23.5 Å². The number of rotatable bonds is 1. The molecule has 0 bridgehead atoms. The largest absolute Gasteiger partial charge is 0.324 e. The number of benzene rings is 1. The first-order valence-corrected chi connectivity index (χ1v) is 4.78. The van der Waals surface area contributed by atoms with Crippen molar-refractivity contribution in [1.82, 2.24) is 0 Å². The molecule has 0 saturated carbocycles. The van der Waals surface area contributed by atoms with Crippen molar-refractivity contribution < 1.29 is 0 Å². The van der Waals surface area contributed by atoms with E-state index in [1.165, 1.54) is 11.1 Å². The van der Waals surface area contributed by atoms with Crippen molar-refractivity contribution in [3.8, 4) is 0 Å². The molecule has 1 heteroatoms. The molecule has 1 aromatic carbocycles. The molecule has 0 aliphatic heterocycles. The minimum Gasteiger partial charge on any atom is -0.324 e. The first-order valence-electron chi connectivity index (χ1n) is 4.78. The molecule has 1 atom stereocenters. The van der Waals surface area contributed by atoms with E-state index in [1.807, 2.05) is 13.0 Å². The van der Waals surface area contributed by atoms with E-state index in [-0.39, 0.29) is 11.5 Å². The highest BCUT2D eigenvalue weighted by Crippen LogP contribution is 2.28. The topological polar surface area (TPSA) is 26.0 Å². The second-order valence-electron chi connectivity index (χ2n) is 4.63. The fourth-order valence-corrected chi connectivity index (χ4v) is 1.58. The summed E-state index contributed by atoms with van der Waals surface area (Å²) in [4.78, 5) is 0. The van der Waals surface area contributed by atoms with Gasteiger partial charge in [0.25, 0.3) is 0 Å². The number of hydrogen-bond acceptors (Lipinski definition) is 1. The van der Waals surface area contributed by atoms with Crippen LogP contribution in [0.25, 0.3) is 0 Å². The minimum atomic E-state index is 0.121. The molecule has 0 radical (unpaired) electrons. The van der Waals surface area contributed by atoms with E-state index in [0.717, 1.165) is 0 Å². The maximum atomic E-state index is 5.91. The van der Waals surface area contributed by atoms with E-state index in [2.05, 4.69) is 39.0 Å². The molecule has 72 valence electrons. The lowest BCUT2D eigenvalue weighted by molar-refractivity contribution is 0.575. The quantitative estimate of drug-likeness (QED) is 0.701. The Morgan fingerprint density at radius 2 is 1.69 bits per heavy atom. The predicted molar refractivity (Wildman–Crippen MR) is 57.7 cm³/mol. The average molecular weight is 177 g/mol.